The average Bonchev–Trinajstić information content (AvgIpc) is 2.94. The molecular formula is C22H34O5. The highest BCUT2D eigenvalue weighted by molar-refractivity contribution is 5.90. The monoisotopic (exact) mass is 378 g/mol. The van der Waals surface area contributed by atoms with Crippen LogP contribution in [0.3, 0.4) is 0 Å². The van der Waals surface area contributed by atoms with E-state index < -0.39 is 5.60 Å². The van der Waals surface area contributed by atoms with Crippen molar-refractivity contribution in [1.82, 2.24) is 0 Å². The Morgan fingerprint density at radius 1 is 1.33 bits per heavy atom. The molecule has 1 heterocycles. The summed E-state index contributed by atoms with van der Waals surface area (Å²) in [6.45, 7) is 10.5. The molecule has 0 aromatic carbocycles. The van der Waals surface area contributed by atoms with Gasteiger partial charge in [-0.3, -0.25) is 4.79 Å². The Kier molecular flexibility index (Phi) is 5.21. The second kappa shape index (κ2) is 6.91. The highest BCUT2D eigenvalue weighted by Gasteiger charge is 2.64. The van der Waals surface area contributed by atoms with Gasteiger partial charge in [0.2, 0.25) is 0 Å². The third-order valence-electron chi connectivity index (χ3n) is 7.71. The van der Waals surface area contributed by atoms with Gasteiger partial charge in [-0.2, -0.15) is 0 Å². The van der Waals surface area contributed by atoms with Crippen LogP contribution in [-0.4, -0.2) is 35.4 Å². The summed E-state index contributed by atoms with van der Waals surface area (Å²) in [7, 11) is 0. The van der Waals surface area contributed by atoms with E-state index in [-0.39, 0.29) is 40.7 Å². The summed E-state index contributed by atoms with van der Waals surface area (Å²) in [5, 5.41) is 12.0. The maximum absolute atomic E-state index is 12.0. The molecule has 2 saturated carbocycles. The molecule has 3 aliphatic rings. The number of hydrogen-bond donors (Lipinski definition) is 1. The molecule has 1 N–H and O–H groups in total. The molecule has 5 nitrogen and oxygen atoms in total. The van der Waals surface area contributed by atoms with Crippen LogP contribution in [-0.2, 0) is 19.1 Å². The van der Waals surface area contributed by atoms with Gasteiger partial charge in [-0.05, 0) is 49.5 Å². The molecule has 1 aliphatic heterocycles. The molecule has 5 heteroatoms. The van der Waals surface area contributed by atoms with E-state index in [0.29, 0.717) is 31.4 Å². The van der Waals surface area contributed by atoms with Crippen molar-refractivity contribution in [1.29, 1.82) is 0 Å². The van der Waals surface area contributed by atoms with Gasteiger partial charge in [0.15, 0.2) is 0 Å². The van der Waals surface area contributed by atoms with Crippen LogP contribution in [0.4, 0.5) is 0 Å². The fourth-order valence-electron chi connectivity index (χ4n) is 6.51. The molecule has 0 radical (unpaired) electrons. The molecule has 0 aromatic rings. The SMILES string of the molecule is CC(=O)OC1CC(C)C(O)(CCC2=CCOC2=O)C2(C)CCCC(C)(C)C12. The van der Waals surface area contributed by atoms with E-state index in [1.54, 1.807) is 0 Å². The fraction of sp³-hybridized carbons (Fsp3) is 0.818. The molecule has 5 unspecified atom stereocenters. The fourth-order valence-corrected chi connectivity index (χ4v) is 6.51. The Labute approximate surface area is 162 Å². The van der Waals surface area contributed by atoms with E-state index in [2.05, 4.69) is 27.7 Å². The minimum atomic E-state index is -0.907. The predicted molar refractivity (Wildman–Crippen MR) is 102 cm³/mol. The molecule has 5 atom stereocenters. The maximum atomic E-state index is 12.0. The Bertz CT molecular complexity index is 651. The zero-order valence-corrected chi connectivity index (χ0v) is 17.3. The summed E-state index contributed by atoms with van der Waals surface area (Å²) in [4.78, 5) is 23.6. The Morgan fingerprint density at radius 3 is 2.63 bits per heavy atom. The largest absolute Gasteiger partial charge is 0.462 e. The molecule has 0 saturated heterocycles. The first-order chi connectivity index (χ1) is 12.5. The van der Waals surface area contributed by atoms with Gasteiger partial charge in [0, 0.05) is 23.8 Å². The molecule has 2 fully saturated rings. The molecule has 152 valence electrons. The minimum absolute atomic E-state index is 0.0185. The van der Waals surface area contributed by atoms with Crippen LogP contribution in [0.15, 0.2) is 11.6 Å². The van der Waals surface area contributed by atoms with Gasteiger partial charge in [0.25, 0.3) is 0 Å². The first-order valence-electron chi connectivity index (χ1n) is 10.3. The summed E-state index contributed by atoms with van der Waals surface area (Å²) in [6.07, 6.45) is 6.39. The van der Waals surface area contributed by atoms with Gasteiger partial charge in [0.05, 0.1) is 5.60 Å². The van der Waals surface area contributed by atoms with Gasteiger partial charge in [-0.25, -0.2) is 4.79 Å². The molecule has 0 amide bonds. The van der Waals surface area contributed by atoms with Gasteiger partial charge >= 0.3 is 11.9 Å². The quantitative estimate of drug-likeness (QED) is 0.754. The Balaban J connectivity index is 1.94. The zero-order valence-electron chi connectivity index (χ0n) is 17.3. The molecule has 0 bridgehead atoms. The summed E-state index contributed by atoms with van der Waals surface area (Å²) in [5.74, 6) is -0.436. The maximum Gasteiger partial charge on any atom is 0.334 e. The van der Waals surface area contributed by atoms with Crippen molar-refractivity contribution >= 4 is 11.9 Å². The third-order valence-corrected chi connectivity index (χ3v) is 7.71. The van der Waals surface area contributed by atoms with Crippen molar-refractivity contribution in [3.63, 3.8) is 0 Å². The molecule has 0 aromatic heterocycles. The standard InChI is InChI=1S/C22H34O5/c1-14-13-17(27-15(2)23)18-20(3,4)9-6-10-21(18,5)22(14,25)11-7-16-8-12-26-19(16)24/h8,14,17-18,25H,6-7,9-13H2,1-5H3. The second-order valence-electron chi connectivity index (χ2n) is 9.77. The van der Waals surface area contributed by atoms with Crippen LogP contribution < -0.4 is 0 Å². The highest BCUT2D eigenvalue weighted by Crippen LogP contribution is 2.64. The lowest BCUT2D eigenvalue weighted by molar-refractivity contribution is -0.249. The van der Waals surface area contributed by atoms with Crippen molar-refractivity contribution in [2.45, 2.75) is 84.8 Å². The first kappa shape index (κ1) is 20.4. The summed E-state index contributed by atoms with van der Waals surface area (Å²) < 4.78 is 10.8. The number of carbonyl (C=O) groups excluding carboxylic acids is 2. The Hall–Kier alpha value is -1.36. The van der Waals surface area contributed by atoms with Crippen molar-refractivity contribution in [2.75, 3.05) is 6.61 Å². The van der Waals surface area contributed by atoms with Crippen molar-refractivity contribution in [2.24, 2.45) is 22.7 Å². The number of esters is 2. The second-order valence-corrected chi connectivity index (χ2v) is 9.77. The topological polar surface area (TPSA) is 72.8 Å². The van der Waals surface area contributed by atoms with Crippen LogP contribution in [0.2, 0.25) is 0 Å². The highest BCUT2D eigenvalue weighted by atomic mass is 16.5. The smallest absolute Gasteiger partial charge is 0.334 e. The predicted octanol–water partition coefficient (Wildman–Crippen LogP) is 3.79. The summed E-state index contributed by atoms with van der Waals surface area (Å²) in [6, 6.07) is 0. The first-order valence-corrected chi connectivity index (χ1v) is 10.3. The summed E-state index contributed by atoms with van der Waals surface area (Å²) >= 11 is 0. The van der Waals surface area contributed by atoms with E-state index in [0.717, 1.165) is 19.3 Å². The third kappa shape index (κ3) is 3.32. The van der Waals surface area contributed by atoms with Gasteiger partial charge in [0.1, 0.15) is 12.7 Å². The Morgan fingerprint density at radius 2 is 2.04 bits per heavy atom. The number of rotatable bonds is 4. The van der Waals surface area contributed by atoms with E-state index in [1.165, 1.54) is 6.92 Å². The normalized spacial score (nSPS) is 40.7. The van der Waals surface area contributed by atoms with Crippen molar-refractivity contribution in [3.8, 4) is 0 Å². The number of hydrogen-bond acceptors (Lipinski definition) is 5. The number of ether oxygens (including phenoxy) is 2. The summed E-state index contributed by atoms with van der Waals surface area (Å²) in [5.41, 5.74) is -0.620. The molecular weight excluding hydrogens is 344 g/mol. The van der Waals surface area contributed by atoms with E-state index in [4.69, 9.17) is 9.47 Å². The molecule has 3 rings (SSSR count). The number of carbonyl (C=O) groups is 2. The lowest BCUT2D eigenvalue weighted by Crippen LogP contribution is -2.66. The van der Waals surface area contributed by atoms with Gasteiger partial charge < -0.3 is 14.6 Å². The number of cyclic esters (lactones) is 1. The van der Waals surface area contributed by atoms with E-state index in [9.17, 15) is 14.7 Å². The minimum Gasteiger partial charge on any atom is -0.462 e. The van der Waals surface area contributed by atoms with Gasteiger partial charge in [-0.1, -0.05) is 34.1 Å². The van der Waals surface area contributed by atoms with Gasteiger partial charge in [-0.15, -0.1) is 0 Å². The van der Waals surface area contributed by atoms with E-state index >= 15 is 0 Å². The average molecular weight is 379 g/mol. The van der Waals surface area contributed by atoms with Crippen LogP contribution >= 0.6 is 0 Å². The van der Waals surface area contributed by atoms with Crippen LogP contribution in [0.1, 0.15) is 73.1 Å². The molecule has 2 aliphatic carbocycles. The number of aliphatic hydroxyl groups is 1. The molecule has 27 heavy (non-hydrogen) atoms. The van der Waals surface area contributed by atoms with E-state index in [1.807, 2.05) is 6.08 Å². The van der Waals surface area contributed by atoms with Crippen molar-refractivity contribution in [3.05, 3.63) is 11.6 Å². The number of fused-ring (bicyclic) bond motifs is 1. The van der Waals surface area contributed by atoms with Crippen LogP contribution in [0.25, 0.3) is 0 Å². The van der Waals surface area contributed by atoms with Crippen LogP contribution in [0, 0.1) is 22.7 Å². The molecule has 0 spiro atoms. The van der Waals surface area contributed by atoms with Crippen LogP contribution in [0.5, 0.6) is 0 Å². The van der Waals surface area contributed by atoms with Crippen molar-refractivity contribution < 1.29 is 24.2 Å². The lowest BCUT2D eigenvalue weighted by Gasteiger charge is -2.64. The lowest BCUT2D eigenvalue weighted by atomic mass is 9.43. The zero-order chi connectivity index (χ0) is 20.0.